The zero-order chi connectivity index (χ0) is 20.5. The molecule has 0 spiro atoms. The molecule has 2 aromatic carbocycles. The normalized spacial score (nSPS) is 11.4. The van der Waals surface area contributed by atoms with E-state index in [2.05, 4.69) is 10.6 Å². The zero-order valence-electron chi connectivity index (χ0n) is 15.3. The van der Waals surface area contributed by atoms with E-state index in [1.165, 1.54) is 7.11 Å². The molecule has 0 saturated carbocycles. The molecule has 2 aromatic rings. The SMILES string of the molecule is COCCOC(=O)Nc1cccc(NC(=O)C(C)Oc2cccc(Cl)c2Cl)c1. The number of ether oxygens (including phenoxy) is 3. The highest BCUT2D eigenvalue weighted by atomic mass is 35.5. The Balaban J connectivity index is 1.94. The van der Waals surface area contributed by atoms with Crippen molar-refractivity contribution in [1.82, 2.24) is 0 Å². The first-order chi connectivity index (χ1) is 13.4. The number of rotatable bonds is 8. The molecular formula is C19H20Cl2N2O5. The summed E-state index contributed by atoms with van der Waals surface area (Å²) in [5.41, 5.74) is 0.944. The second kappa shape index (κ2) is 10.8. The number of carbonyl (C=O) groups excluding carboxylic acids is 2. The van der Waals surface area contributed by atoms with E-state index in [1.54, 1.807) is 49.4 Å². The molecule has 0 heterocycles. The van der Waals surface area contributed by atoms with Gasteiger partial charge in [-0.1, -0.05) is 35.3 Å². The van der Waals surface area contributed by atoms with Crippen molar-refractivity contribution in [2.75, 3.05) is 31.0 Å². The first-order valence-corrected chi connectivity index (χ1v) is 9.10. The van der Waals surface area contributed by atoms with Crippen LogP contribution in [-0.4, -0.2) is 38.4 Å². The van der Waals surface area contributed by atoms with Gasteiger partial charge in [0.25, 0.3) is 5.91 Å². The Morgan fingerprint density at radius 3 is 2.43 bits per heavy atom. The van der Waals surface area contributed by atoms with Crippen LogP contribution in [-0.2, 0) is 14.3 Å². The third-order valence-electron chi connectivity index (χ3n) is 3.49. The summed E-state index contributed by atoms with van der Waals surface area (Å²) in [4.78, 5) is 24.1. The molecule has 7 nitrogen and oxygen atoms in total. The minimum atomic E-state index is -0.827. The van der Waals surface area contributed by atoms with Crippen molar-refractivity contribution < 1.29 is 23.8 Å². The summed E-state index contributed by atoms with van der Waals surface area (Å²) in [6, 6.07) is 11.5. The molecule has 28 heavy (non-hydrogen) atoms. The number of anilines is 2. The van der Waals surface area contributed by atoms with Crippen LogP contribution in [0.15, 0.2) is 42.5 Å². The third kappa shape index (κ3) is 6.60. The Morgan fingerprint density at radius 2 is 1.71 bits per heavy atom. The molecule has 0 aliphatic rings. The van der Waals surface area contributed by atoms with Crippen LogP contribution in [0, 0.1) is 0 Å². The Morgan fingerprint density at radius 1 is 1.04 bits per heavy atom. The van der Waals surface area contributed by atoms with E-state index in [4.69, 9.17) is 37.4 Å². The molecule has 0 fully saturated rings. The molecule has 2 rings (SSSR count). The Kier molecular flexibility index (Phi) is 8.38. The fourth-order valence-electron chi connectivity index (χ4n) is 2.11. The molecule has 1 unspecified atom stereocenters. The second-order valence-corrected chi connectivity index (χ2v) is 6.42. The molecule has 0 bridgehead atoms. The van der Waals surface area contributed by atoms with Gasteiger partial charge in [0.15, 0.2) is 6.10 Å². The number of amides is 2. The minimum Gasteiger partial charge on any atom is -0.479 e. The average Bonchev–Trinajstić information content (AvgIpc) is 2.66. The second-order valence-electron chi connectivity index (χ2n) is 5.64. The fraction of sp³-hybridized carbons (Fsp3) is 0.263. The van der Waals surface area contributed by atoms with Crippen LogP contribution in [0.1, 0.15) is 6.92 Å². The summed E-state index contributed by atoms with van der Waals surface area (Å²) in [5, 5.41) is 5.85. The van der Waals surface area contributed by atoms with Gasteiger partial charge >= 0.3 is 6.09 Å². The molecular weight excluding hydrogens is 407 g/mol. The van der Waals surface area contributed by atoms with Gasteiger partial charge in [-0.25, -0.2) is 4.79 Å². The van der Waals surface area contributed by atoms with Crippen LogP contribution >= 0.6 is 23.2 Å². The van der Waals surface area contributed by atoms with Gasteiger partial charge < -0.3 is 19.5 Å². The lowest BCUT2D eigenvalue weighted by Crippen LogP contribution is -2.30. The molecule has 0 aliphatic heterocycles. The quantitative estimate of drug-likeness (QED) is 0.602. The van der Waals surface area contributed by atoms with E-state index in [1.807, 2.05) is 0 Å². The smallest absolute Gasteiger partial charge is 0.411 e. The standard InChI is InChI=1S/C19H20Cl2N2O5/c1-12(28-16-8-4-7-15(20)17(16)21)18(24)22-13-5-3-6-14(11-13)23-19(25)27-10-9-26-2/h3-8,11-12H,9-10H2,1-2H3,(H,22,24)(H,23,25). The lowest BCUT2D eigenvalue weighted by molar-refractivity contribution is -0.122. The fourth-order valence-corrected chi connectivity index (χ4v) is 2.45. The maximum atomic E-state index is 12.4. The summed E-state index contributed by atoms with van der Waals surface area (Å²) in [7, 11) is 1.51. The molecule has 0 aromatic heterocycles. The highest BCUT2D eigenvalue weighted by molar-refractivity contribution is 6.42. The Hall–Kier alpha value is -2.48. The summed E-state index contributed by atoms with van der Waals surface area (Å²) < 4.78 is 15.3. The molecule has 2 N–H and O–H groups in total. The Labute approximate surface area is 172 Å². The van der Waals surface area contributed by atoms with Crippen molar-refractivity contribution in [3.63, 3.8) is 0 Å². The van der Waals surface area contributed by atoms with Gasteiger partial charge in [-0.15, -0.1) is 0 Å². The van der Waals surface area contributed by atoms with Gasteiger partial charge in [0.05, 0.1) is 11.6 Å². The predicted octanol–water partition coefficient (Wildman–Crippen LogP) is 4.59. The molecule has 2 amide bonds. The van der Waals surface area contributed by atoms with Crippen molar-refractivity contribution in [2.45, 2.75) is 13.0 Å². The molecule has 150 valence electrons. The molecule has 0 radical (unpaired) electrons. The number of methoxy groups -OCH3 is 1. The molecule has 0 aliphatic carbocycles. The van der Waals surface area contributed by atoms with Crippen molar-refractivity contribution in [2.24, 2.45) is 0 Å². The number of halogens is 2. The number of hydrogen-bond donors (Lipinski definition) is 2. The van der Waals surface area contributed by atoms with Crippen molar-refractivity contribution in [3.8, 4) is 5.75 Å². The van der Waals surface area contributed by atoms with Crippen LogP contribution in [0.4, 0.5) is 16.2 Å². The van der Waals surface area contributed by atoms with Crippen LogP contribution in [0.3, 0.4) is 0 Å². The zero-order valence-corrected chi connectivity index (χ0v) is 16.8. The van der Waals surface area contributed by atoms with Crippen molar-refractivity contribution in [1.29, 1.82) is 0 Å². The van der Waals surface area contributed by atoms with E-state index in [0.717, 1.165) is 0 Å². The van der Waals surface area contributed by atoms with Crippen LogP contribution in [0.25, 0.3) is 0 Å². The van der Waals surface area contributed by atoms with E-state index in [-0.39, 0.29) is 11.6 Å². The summed E-state index contributed by atoms with van der Waals surface area (Å²) in [6.45, 7) is 2.03. The van der Waals surface area contributed by atoms with Crippen molar-refractivity contribution >= 4 is 46.6 Å². The first-order valence-electron chi connectivity index (χ1n) is 8.35. The van der Waals surface area contributed by atoms with E-state index in [9.17, 15) is 9.59 Å². The first kappa shape index (κ1) is 21.8. The number of nitrogens with one attached hydrogen (secondary N) is 2. The van der Waals surface area contributed by atoms with Gasteiger partial charge in [-0.05, 0) is 37.3 Å². The van der Waals surface area contributed by atoms with Gasteiger partial charge in [0, 0.05) is 18.5 Å². The number of benzene rings is 2. The summed E-state index contributed by atoms with van der Waals surface area (Å²) in [5.74, 6) is -0.0816. The van der Waals surface area contributed by atoms with Crippen LogP contribution < -0.4 is 15.4 Å². The molecule has 0 saturated heterocycles. The maximum absolute atomic E-state index is 12.4. The lowest BCUT2D eigenvalue weighted by Gasteiger charge is -2.16. The summed E-state index contributed by atoms with van der Waals surface area (Å²) in [6.07, 6.45) is -1.44. The highest BCUT2D eigenvalue weighted by Gasteiger charge is 2.17. The molecule has 1 atom stereocenters. The lowest BCUT2D eigenvalue weighted by atomic mass is 10.2. The summed E-state index contributed by atoms with van der Waals surface area (Å²) >= 11 is 12.0. The largest absolute Gasteiger partial charge is 0.479 e. The van der Waals surface area contributed by atoms with Crippen LogP contribution in [0.5, 0.6) is 5.75 Å². The van der Waals surface area contributed by atoms with E-state index in [0.29, 0.717) is 28.8 Å². The van der Waals surface area contributed by atoms with E-state index >= 15 is 0 Å². The highest BCUT2D eigenvalue weighted by Crippen LogP contribution is 2.32. The van der Waals surface area contributed by atoms with Gasteiger partial charge in [-0.2, -0.15) is 0 Å². The third-order valence-corrected chi connectivity index (χ3v) is 4.29. The average molecular weight is 427 g/mol. The number of carbonyl (C=O) groups is 2. The topological polar surface area (TPSA) is 85.9 Å². The predicted molar refractivity (Wildman–Crippen MR) is 108 cm³/mol. The minimum absolute atomic E-state index is 0.139. The maximum Gasteiger partial charge on any atom is 0.411 e. The van der Waals surface area contributed by atoms with Gasteiger partial charge in [0.2, 0.25) is 0 Å². The Bertz CT molecular complexity index is 832. The monoisotopic (exact) mass is 426 g/mol. The van der Waals surface area contributed by atoms with Crippen molar-refractivity contribution in [3.05, 3.63) is 52.5 Å². The van der Waals surface area contributed by atoms with E-state index < -0.39 is 18.1 Å². The molecule has 9 heteroatoms. The number of hydrogen-bond acceptors (Lipinski definition) is 5. The van der Waals surface area contributed by atoms with Crippen LogP contribution in [0.2, 0.25) is 10.0 Å². The van der Waals surface area contributed by atoms with Gasteiger partial charge in [0.1, 0.15) is 17.4 Å². The van der Waals surface area contributed by atoms with Gasteiger partial charge in [-0.3, -0.25) is 10.1 Å².